The molecule has 2 aromatic carbocycles. The summed E-state index contributed by atoms with van der Waals surface area (Å²) in [5, 5.41) is 3.75. The normalized spacial score (nSPS) is 11.4. The van der Waals surface area contributed by atoms with Gasteiger partial charge in [-0.05, 0) is 43.3 Å². The van der Waals surface area contributed by atoms with Crippen LogP contribution < -0.4 is 4.74 Å². The van der Waals surface area contributed by atoms with Gasteiger partial charge in [-0.3, -0.25) is 9.59 Å². The zero-order valence-corrected chi connectivity index (χ0v) is 18.5. The van der Waals surface area contributed by atoms with Gasteiger partial charge >= 0.3 is 5.97 Å². The highest BCUT2D eigenvalue weighted by Gasteiger charge is 2.24. The molecule has 10 nitrogen and oxygen atoms in total. The van der Waals surface area contributed by atoms with Crippen LogP contribution in [0.2, 0.25) is 0 Å². The van der Waals surface area contributed by atoms with Gasteiger partial charge in [0.05, 0.1) is 12.0 Å². The fourth-order valence-electron chi connectivity index (χ4n) is 2.66. The Bertz CT molecular complexity index is 1200. The lowest BCUT2D eigenvalue weighted by Crippen LogP contribution is -2.33. The van der Waals surface area contributed by atoms with Crippen molar-refractivity contribution in [2.45, 2.75) is 18.4 Å². The average Bonchev–Trinajstić information content (AvgIpc) is 3.27. The number of ether oxygens (including phenoxy) is 2. The molecule has 1 heterocycles. The molecule has 0 radical (unpaired) electrons. The van der Waals surface area contributed by atoms with Crippen molar-refractivity contribution in [1.29, 1.82) is 0 Å². The van der Waals surface area contributed by atoms with Gasteiger partial charge in [0.2, 0.25) is 15.8 Å². The summed E-state index contributed by atoms with van der Waals surface area (Å²) in [6.45, 7) is 0.592. The highest BCUT2D eigenvalue weighted by Crippen LogP contribution is 2.21. The van der Waals surface area contributed by atoms with E-state index in [1.807, 2.05) is 0 Å². The molecule has 0 fully saturated rings. The molecular formula is C21H21N3O7S. The third-order valence-corrected chi connectivity index (χ3v) is 6.31. The van der Waals surface area contributed by atoms with E-state index in [0.717, 1.165) is 4.31 Å². The zero-order valence-electron chi connectivity index (χ0n) is 17.6. The fourth-order valence-corrected chi connectivity index (χ4v) is 3.78. The number of carbonyl (C=O) groups excluding carboxylic acids is 2. The van der Waals surface area contributed by atoms with E-state index in [0.29, 0.717) is 16.9 Å². The van der Waals surface area contributed by atoms with Crippen LogP contribution in [0.1, 0.15) is 23.1 Å². The minimum absolute atomic E-state index is 0.0416. The molecule has 3 rings (SSSR count). The summed E-state index contributed by atoms with van der Waals surface area (Å²) in [7, 11) is -1.12. The van der Waals surface area contributed by atoms with E-state index < -0.39 is 22.5 Å². The number of esters is 1. The number of likely N-dealkylation sites (N-methyl/N-ethyl adjacent to an activating group) is 1. The first-order valence-corrected chi connectivity index (χ1v) is 10.8. The number of ketones is 1. The monoisotopic (exact) mass is 459 g/mol. The van der Waals surface area contributed by atoms with Crippen LogP contribution in [0.4, 0.5) is 0 Å². The molecule has 0 atom stereocenters. The van der Waals surface area contributed by atoms with Crippen molar-refractivity contribution in [1.82, 2.24) is 14.4 Å². The smallest absolute Gasteiger partial charge is 0.321 e. The topological polar surface area (TPSA) is 129 Å². The van der Waals surface area contributed by atoms with Crippen LogP contribution in [-0.4, -0.2) is 55.3 Å². The van der Waals surface area contributed by atoms with E-state index in [4.69, 9.17) is 14.0 Å². The third-order valence-electron chi connectivity index (χ3n) is 4.49. The summed E-state index contributed by atoms with van der Waals surface area (Å²) in [4.78, 5) is 27.6. The van der Waals surface area contributed by atoms with Gasteiger partial charge in [-0.15, -0.1) is 0 Å². The second kappa shape index (κ2) is 9.71. The lowest BCUT2D eigenvalue weighted by atomic mass is 10.2. The number of benzene rings is 2. The predicted molar refractivity (Wildman–Crippen MR) is 112 cm³/mol. The molecule has 32 heavy (non-hydrogen) atoms. The molecule has 168 valence electrons. The van der Waals surface area contributed by atoms with E-state index in [-0.39, 0.29) is 29.0 Å². The van der Waals surface area contributed by atoms with Crippen LogP contribution in [0.5, 0.6) is 5.75 Å². The molecule has 0 bridgehead atoms. The van der Waals surface area contributed by atoms with Crippen LogP contribution in [0.15, 0.2) is 57.9 Å². The Kier molecular flexibility index (Phi) is 7.01. The van der Waals surface area contributed by atoms with Crippen molar-refractivity contribution in [2.75, 3.05) is 20.7 Å². The van der Waals surface area contributed by atoms with E-state index in [1.54, 1.807) is 31.4 Å². The Morgan fingerprint density at radius 3 is 2.31 bits per heavy atom. The number of Topliss-reactive ketones (excluding diaryl/α,β-unsaturated/α-hetero) is 1. The lowest BCUT2D eigenvalue weighted by Gasteiger charge is -2.16. The van der Waals surface area contributed by atoms with Crippen molar-refractivity contribution in [3.63, 3.8) is 0 Å². The van der Waals surface area contributed by atoms with E-state index >= 15 is 0 Å². The van der Waals surface area contributed by atoms with Gasteiger partial charge in [-0.2, -0.15) is 9.29 Å². The maximum Gasteiger partial charge on any atom is 0.321 e. The molecule has 0 aliphatic carbocycles. The van der Waals surface area contributed by atoms with Gasteiger partial charge < -0.3 is 14.0 Å². The van der Waals surface area contributed by atoms with Gasteiger partial charge in [0.15, 0.2) is 12.4 Å². The maximum absolute atomic E-state index is 12.6. The minimum atomic E-state index is -3.94. The molecule has 0 saturated heterocycles. The van der Waals surface area contributed by atoms with Crippen molar-refractivity contribution in [3.05, 3.63) is 59.9 Å². The zero-order chi connectivity index (χ0) is 23.3. The summed E-state index contributed by atoms with van der Waals surface area (Å²) in [5.74, 6) is 0.0907. The summed E-state index contributed by atoms with van der Waals surface area (Å²) in [6, 6.07) is 12.4. The van der Waals surface area contributed by atoms with Crippen LogP contribution in [0, 0.1) is 0 Å². The predicted octanol–water partition coefficient (Wildman–Crippen LogP) is 2.31. The largest absolute Gasteiger partial charge is 0.497 e. The standard InChI is InChI=1S/C21H21N3O7S/c1-14(25)15-6-10-18(11-7-15)32(27,28)24(2)12-20(26)30-13-19-22-21(31-23-19)16-4-8-17(29-3)9-5-16/h4-11H,12-13H2,1-3H3. The number of nitrogens with zero attached hydrogens (tertiary/aromatic N) is 3. The molecule has 0 unspecified atom stereocenters. The van der Waals surface area contributed by atoms with E-state index in [1.165, 1.54) is 38.2 Å². The van der Waals surface area contributed by atoms with E-state index in [9.17, 15) is 18.0 Å². The van der Waals surface area contributed by atoms with Gasteiger partial charge in [0.25, 0.3) is 5.89 Å². The Labute approximate surface area is 184 Å². The molecule has 11 heteroatoms. The Balaban J connectivity index is 1.57. The Morgan fingerprint density at radius 1 is 1.06 bits per heavy atom. The van der Waals surface area contributed by atoms with Crippen LogP contribution in [0.3, 0.4) is 0 Å². The van der Waals surface area contributed by atoms with Gasteiger partial charge in [-0.1, -0.05) is 17.3 Å². The molecule has 0 saturated carbocycles. The van der Waals surface area contributed by atoms with Crippen molar-refractivity contribution in [2.24, 2.45) is 0 Å². The molecular weight excluding hydrogens is 438 g/mol. The van der Waals surface area contributed by atoms with Crippen molar-refractivity contribution >= 4 is 21.8 Å². The average molecular weight is 459 g/mol. The van der Waals surface area contributed by atoms with Crippen LogP contribution in [-0.2, 0) is 26.2 Å². The van der Waals surface area contributed by atoms with Crippen LogP contribution >= 0.6 is 0 Å². The number of methoxy groups -OCH3 is 1. The van der Waals surface area contributed by atoms with Gasteiger partial charge in [-0.25, -0.2) is 8.42 Å². The SMILES string of the molecule is COc1ccc(-c2nc(COC(=O)CN(C)S(=O)(=O)c3ccc(C(C)=O)cc3)no2)cc1. The first kappa shape index (κ1) is 23.1. The molecule has 1 aromatic heterocycles. The molecule has 0 spiro atoms. The van der Waals surface area contributed by atoms with Gasteiger partial charge in [0.1, 0.15) is 12.3 Å². The number of carbonyl (C=O) groups is 2. The van der Waals surface area contributed by atoms with E-state index in [2.05, 4.69) is 10.1 Å². The Hall–Kier alpha value is -3.57. The number of hydrogen-bond donors (Lipinski definition) is 0. The van der Waals surface area contributed by atoms with Gasteiger partial charge in [0, 0.05) is 18.2 Å². The minimum Gasteiger partial charge on any atom is -0.497 e. The summed E-state index contributed by atoms with van der Waals surface area (Å²) in [6.07, 6.45) is 0. The summed E-state index contributed by atoms with van der Waals surface area (Å²) in [5.41, 5.74) is 1.05. The summed E-state index contributed by atoms with van der Waals surface area (Å²) >= 11 is 0. The number of sulfonamides is 1. The number of aromatic nitrogens is 2. The highest BCUT2D eigenvalue weighted by molar-refractivity contribution is 7.89. The molecule has 3 aromatic rings. The van der Waals surface area contributed by atoms with Crippen molar-refractivity contribution < 1.29 is 32.0 Å². The van der Waals surface area contributed by atoms with Crippen molar-refractivity contribution in [3.8, 4) is 17.2 Å². The first-order chi connectivity index (χ1) is 15.2. The fraction of sp³-hybridized carbons (Fsp3) is 0.238. The number of rotatable bonds is 9. The Morgan fingerprint density at radius 2 is 1.72 bits per heavy atom. The second-order valence-electron chi connectivity index (χ2n) is 6.75. The first-order valence-electron chi connectivity index (χ1n) is 9.40. The molecule has 0 amide bonds. The second-order valence-corrected chi connectivity index (χ2v) is 8.79. The third kappa shape index (κ3) is 5.37. The van der Waals surface area contributed by atoms with Crippen LogP contribution in [0.25, 0.3) is 11.5 Å². The molecule has 0 N–H and O–H groups in total. The molecule has 0 aliphatic rings. The lowest BCUT2D eigenvalue weighted by molar-refractivity contribution is -0.145. The molecule has 0 aliphatic heterocycles. The summed E-state index contributed by atoms with van der Waals surface area (Å²) < 4.78 is 41.4. The number of hydrogen-bond acceptors (Lipinski definition) is 9. The highest BCUT2D eigenvalue weighted by atomic mass is 32.2. The quantitative estimate of drug-likeness (QED) is 0.349. The maximum atomic E-state index is 12.6.